The number of morpholine rings is 1. The van der Waals surface area contributed by atoms with E-state index >= 15 is 0 Å². The molecule has 3 heterocycles. The monoisotopic (exact) mass is 658 g/mol. The van der Waals surface area contributed by atoms with Crippen LogP contribution in [-0.4, -0.2) is 91.4 Å². The minimum Gasteiger partial charge on any atom is -0.441 e. The smallest absolute Gasteiger partial charge is 0.404 e. The van der Waals surface area contributed by atoms with E-state index in [9.17, 15) is 9.90 Å². The molecule has 8 fully saturated rings. The van der Waals surface area contributed by atoms with Crippen LogP contribution in [0.15, 0.2) is 0 Å². The third-order valence-electron chi connectivity index (χ3n) is 16.4. The van der Waals surface area contributed by atoms with Crippen molar-refractivity contribution in [3.8, 4) is 0 Å². The highest BCUT2D eigenvalue weighted by atomic mass is 16.7. The minimum atomic E-state index is -1.24. The number of carbonyl (C=O) groups is 1. The van der Waals surface area contributed by atoms with Crippen LogP contribution >= 0.6 is 0 Å². The molecule has 0 bridgehead atoms. The fourth-order valence-corrected chi connectivity index (χ4v) is 14.2. The number of aliphatic hydroxyl groups is 1. The number of hydrogen-bond acceptors (Lipinski definition) is 8. The summed E-state index contributed by atoms with van der Waals surface area (Å²) in [7, 11) is 0. The number of nitrogens with zero attached hydrogens (tertiary/aromatic N) is 1. The molecule has 1 amide bonds. The van der Waals surface area contributed by atoms with Crippen LogP contribution in [0.3, 0.4) is 0 Å². The molecule has 5 saturated carbocycles. The Hall–Kier alpha value is -0.970. The first-order chi connectivity index (χ1) is 22.1. The van der Waals surface area contributed by atoms with E-state index in [0.29, 0.717) is 40.5 Å². The Labute approximate surface area is 282 Å². The molecule has 3 N–H and O–H groups in total. The average molecular weight is 659 g/mol. The van der Waals surface area contributed by atoms with Gasteiger partial charge in [-0.05, 0) is 122 Å². The summed E-state index contributed by atoms with van der Waals surface area (Å²) in [5.74, 6) is 2.25. The summed E-state index contributed by atoms with van der Waals surface area (Å²) in [5, 5.41) is 11.0. The average Bonchev–Trinajstić information content (AvgIpc) is 3.55. The highest BCUT2D eigenvalue weighted by Crippen LogP contribution is 2.89. The molecule has 0 aromatic heterocycles. The molecule has 9 nitrogen and oxygen atoms in total. The molecule has 13 atom stereocenters. The van der Waals surface area contributed by atoms with Crippen LogP contribution in [0.2, 0.25) is 0 Å². The van der Waals surface area contributed by atoms with Crippen LogP contribution in [0.5, 0.6) is 0 Å². The van der Waals surface area contributed by atoms with Crippen LogP contribution in [0, 0.1) is 50.7 Å². The quantitative estimate of drug-likeness (QED) is 0.385. The fraction of sp³-hybridized carbons (Fsp3) is 0.974. The molecule has 9 unspecified atom stereocenters. The molecule has 8 rings (SSSR count). The van der Waals surface area contributed by atoms with Gasteiger partial charge in [0.2, 0.25) is 0 Å². The summed E-state index contributed by atoms with van der Waals surface area (Å²) in [4.78, 5) is 14.4. The third kappa shape index (κ3) is 4.64. The molecule has 0 radical (unpaired) electrons. The number of hydrogen-bond donors (Lipinski definition) is 2. The van der Waals surface area contributed by atoms with Gasteiger partial charge in [0.1, 0.15) is 0 Å². The Morgan fingerprint density at radius 2 is 1.74 bits per heavy atom. The van der Waals surface area contributed by atoms with E-state index in [0.717, 1.165) is 52.2 Å². The Kier molecular flexibility index (Phi) is 7.61. The number of primary amides is 1. The summed E-state index contributed by atoms with van der Waals surface area (Å²) in [6.45, 7) is 20.2. The molecule has 0 aromatic rings. The van der Waals surface area contributed by atoms with Gasteiger partial charge in [-0.15, -0.1) is 0 Å². The highest BCUT2D eigenvalue weighted by Gasteiger charge is 2.83. The number of amides is 1. The van der Waals surface area contributed by atoms with Crippen LogP contribution in [0.4, 0.5) is 4.79 Å². The van der Waals surface area contributed by atoms with Crippen molar-refractivity contribution in [2.75, 3.05) is 32.9 Å². The van der Waals surface area contributed by atoms with Crippen molar-refractivity contribution in [3.63, 3.8) is 0 Å². The number of rotatable bonds is 6. The third-order valence-corrected chi connectivity index (χ3v) is 16.4. The topological polar surface area (TPSA) is 113 Å². The van der Waals surface area contributed by atoms with Crippen molar-refractivity contribution in [1.29, 1.82) is 0 Å². The van der Waals surface area contributed by atoms with E-state index in [1.54, 1.807) is 13.8 Å². The molecule has 5 aliphatic carbocycles. The second-order valence-corrected chi connectivity index (χ2v) is 19.1. The van der Waals surface area contributed by atoms with Crippen LogP contribution in [0.25, 0.3) is 0 Å². The molecular weight excluding hydrogens is 596 g/mol. The van der Waals surface area contributed by atoms with Gasteiger partial charge < -0.3 is 34.5 Å². The van der Waals surface area contributed by atoms with E-state index in [2.05, 4.69) is 39.5 Å². The zero-order chi connectivity index (χ0) is 33.4. The second kappa shape index (κ2) is 10.8. The zero-order valence-corrected chi connectivity index (χ0v) is 30.1. The molecule has 266 valence electrons. The number of carbonyl (C=O) groups excluding carboxylic acids is 1. The minimum absolute atomic E-state index is 0.102. The Morgan fingerprint density at radius 3 is 2.43 bits per heavy atom. The molecule has 2 spiro atoms. The lowest BCUT2D eigenvalue weighted by Gasteiger charge is -2.63. The highest BCUT2D eigenvalue weighted by molar-refractivity contribution is 5.65. The largest absolute Gasteiger partial charge is 0.441 e. The molecule has 9 heteroatoms. The predicted molar refractivity (Wildman–Crippen MR) is 176 cm³/mol. The van der Waals surface area contributed by atoms with Gasteiger partial charge in [-0.25, -0.2) is 4.79 Å². The van der Waals surface area contributed by atoms with Crippen molar-refractivity contribution in [3.05, 3.63) is 0 Å². The normalized spacial score (nSPS) is 51.3. The SMILES string of the molecule is C[C@@H]1C[C@H](C(OC(N)=O)C(C)(C)O)O[C@@H]2C[C@@]3(C)C4CCC5C(C)(C)C(OC6CN(C7COC7)CCO6)CCC56CC46CCC3(C)C12. The summed E-state index contributed by atoms with van der Waals surface area (Å²) in [6, 6.07) is 0.526. The van der Waals surface area contributed by atoms with Gasteiger partial charge in [0.25, 0.3) is 0 Å². The lowest BCUT2D eigenvalue weighted by Crippen LogP contribution is -2.59. The maximum atomic E-state index is 11.9. The van der Waals surface area contributed by atoms with E-state index in [1.807, 2.05) is 0 Å². The predicted octanol–water partition coefficient (Wildman–Crippen LogP) is 5.51. The maximum Gasteiger partial charge on any atom is 0.404 e. The van der Waals surface area contributed by atoms with Crippen LogP contribution < -0.4 is 5.73 Å². The first-order valence-corrected chi connectivity index (χ1v) is 19.0. The van der Waals surface area contributed by atoms with Gasteiger partial charge in [-0.1, -0.05) is 34.6 Å². The lowest BCUT2D eigenvalue weighted by molar-refractivity contribution is -0.255. The summed E-state index contributed by atoms with van der Waals surface area (Å²) >= 11 is 0. The Morgan fingerprint density at radius 1 is 1.02 bits per heavy atom. The Bertz CT molecular complexity index is 1250. The van der Waals surface area contributed by atoms with Gasteiger partial charge in [-0.2, -0.15) is 0 Å². The van der Waals surface area contributed by atoms with Crippen molar-refractivity contribution in [2.24, 2.45) is 56.5 Å². The van der Waals surface area contributed by atoms with Crippen molar-refractivity contribution < 1.29 is 33.6 Å². The van der Waals surface area contributed by atoms with Crippen LogP contribution in [-0.2, 0) is 23.7 Å². The summed E-state index contributed by atoms with van der Waals surface area (Å²) in [6.07, 6.45) is 8.97. The van der Waals surface area contributed by atoms with E-state index in [-0.39, 0.29) is 40.8 Å². The molecular formula is C38H62N2O7. The summed E-state index contributed by atoms with van der Waals surface area (Å²) in [5.41, 5.74) is 5.59. The van der Waals surface area contributed by atoms with E-state index in [1.165, 1.54) is 38.5 Å². The van der Waals surface area contributed by atoms with Crippen molar-refractivity contribution in [1.82, 2.24) is 4.90 Å². The molecule has 3 aliphatic heterocycles. The van der Waals surface area contributed by atoms with E-state index in [4.69, 9.17) is 29.4 Å². The molecule has 3 saturated heterocycles. The lowest BCUT2D eigenvalue weighted by atomic mass is 9.41. The van der Waals surface area contributed by atoms with Gasteiger partial charge in [0, 0.05) is 6.54 Å². The van der Waals surface area contributed by atoms with Gasteiger partial charge in [0.15, 0.2) is 12.4 Å². The fourth-order valence-electron chi connectivity index (χ4n) is 14.2. The van der Waals surface area contributed by atoms with Gasteiger partial charge in [0.05, 0.1) is 56.3 Å². The Balaban J connectivity index is 1.01. The second-order valence-electron chi connectivity index (χ2n) is 19.1. The molecule has 8 aliphatic rings. The van der Waals surface area contributed by atoms with E-state index < -0.39 is 17.8 Å². The van der Waals surface area contributed by atoms with Crippen molar-refractivity contribution in [2.45, 2.75) is 149 Å². The number of fused-ring (bicyclic) bond motifs is 4. The number of nitrogens with two attached hydrogens (primary N) is 1. The van der Waals surface area contributed by atoms with Crippen LogP contribution in [0.1, 0.15) is 106 Å². The molecule has 47 heavy (non-hydrogen) atoms. The zero-order valence-electron chi connectivity index (χ0n) is 30.1. The standard InChI is InChI=1S/C38H62N2O7/c1-22-16-24(31(34(4,5)42)47-32(39)41)45-25-17-36(7)27-9-8-26-33(2,3)28(46-29-18-40(14-15-44-29)23-19-43-20-23)10-11-37(26)21-38(27,37)13-12-35(36,6)30(22)25/h22-31,42H,8-21H2,1-7H3,(H2,39,41)/t22-,24-,25-,26?,27?,28?,29?,30?,31?,35?,36+,37?,38?/m1/s1. The van der Waals surface area contributed by atoms with Gasteiger partial charge in [-0.3, -0.25) is 4.90 Å². The summed E-state index contributed by atoms with van der Waals surface area (Å²) < 4.78 is 31.1. The van der Waals surface area contributed by atoms with Crippen molar-refractivity contribution >= 4 is 6.09 Å². The first kappa shape index (κ1) is 33.2. The van der Waals surface area contributed by atoms with Gasteiger partial charge >= 0.3 is 6.09 Å². The molecule has 0 aromatic carbocycles. The number of ether oxygens (including phenoxy) is 5. The maximum absolute atomic E-state index is 11.9. The first-order valence-electron chi connectivity index (χ1n) is 19.0.